The van der Waals surface area contributed by atoms with Crippen molar-refractivity contribution in [3.05, 3.63) is 81.1 Å². The van der Waals surface area contributed by atoms with Crippen molar-refractivity contribution < 1.29 is 9.31 Å². The quantitative estimate of drug-likeness (QED) is 0.475. The van der Waals surface area contributed by atoms with Gasteiger partial charge >= 0.3 is 0 Å². The molecule has 0 aliphatic carbocycles. The van der Waals surface area contributed by atoms with Crippen molar-refractivity contribution in [2.24, 2.45) is 0 Å². The third-order valence-corrected chi connectivity index (χ3v) is 5.75. The zero-order valence-corrected chi connectivity index (χ0v) is 17.1. The molecule has 0 amide bonds. The summed E-state index contributed by atoms with van der Waals surface area (Å²) >= 11 is 1.48. The summed E-state index contributed by atoms with van der Waals surface area (Å²) in [4.78, 5) is 17.6. The molecule has 9 heteroatoms. The first-order valence-electron chi connectivity index (χ1n) is 8.99. The van der Waals surface area contributed by atoms with Gasteiger partial charge in [0.1, 0.15) is 10.8 Å². The predicted molar refractivity (Wildman–Crippen MR) is 114 cm³/mol. The maximum atomic E-state index is 13.7. The SMILES string of the molecule is Cl.O=[N+]([O-])c1cccc(-c2nc(CN3CCNCC3c3cccc(F)c3)cs2)c1. The van der Waals surface area contributed by atoms with E-state index in [1.54, 1.807) is 24.3 Å². The molecule has 0 bridgehead atoms. The van der Waals surface area contributed by atoms with Crippen molar-refractivity contribution in [2.75, 3.05) is 19.6 Å². The molecule has 1 N–H and O–H groups in total. The van der Waals surface area contributed by atoms with E-state index >= 15 is 0 Å². The zero-order chi connectivity index (χ0) is 19.5. The molecule has 1 aromatic heterocycles. The number of nitro benzene ring substituents is 1. The minimum absolute atomic E-state index is 0. The Hall–Kier alpha value is -2.39. The Morgan fingerprint density at radius 2 is 2.10 bits per heavy atom. The first-order chi connectivity index (χ1) is 13.6. The van der Waals surface area contributed by atoms with Gasteiger partial charge in [-0.05, 0) is 17.7 Å². The van der Waals surface area contributed by atoms with Crippen LogP contribution in [0, 0.1) is 15.9 Å². The highest BCUT2D eigenvalue weighted by Gasteiger charge is 2.25. The van der Waals surface area contributed by atoms with Crippen LogP contribution >= 0.6 is 23.7 Å². The number of hydrogen-bond acceptors (Lipinski definition) is 6. The Balaban J connectivity index is 0.00000240. The fraction of sp³-hybridized carbons (Fsp3) is 0.250. The number of halogens is 2. The number of nitrogens with one attached hydrogen (secondary N) is 1. The van der Waals surface area contributed by atoms with Crippen molar-refractivity contribution in [3.63, 3.8) is 0 Å². The molecule has 152 valence electrons. The Morgan fingerprint density at radius 3 is 2.90 bits per heavy atom. The number of nitrogens with zero attached hydrogens (tertiary/aromatic N) is 3. The topological polar surface area (TPSA) is 71.3 Å². The summed E-state index contributed by atoms with van der Waals surface area (Å²) in [6.45, 7) is 3.11. The molecule has 3 aromatic rings. The molecule has 2 heterocycles. The van der Waals surface area contributed by atoms with Gasteiger partial charge in [-0.3, -0.25) is 15.0 Å². The molecule has 0 saturated carbocycles. The summed E-state index contributed by atoms with van der Waals surface area (Å²) < 4.78 is 13.7. The fourth-order valence-electron chi connectivity index (χ4n) is 3.45. The van der Waals surface area contributed by atoms with Gasteiger partial charge in [-0.1, -0.05) is 24.3 Å². The predicted octanol–water partition coefficient (Wildman–Crippen LogP) is 4.43. The highest BCUT2D eigenvalue weighted by molar-refractivity contribution is 7.13. The van der Waals surface area contributed by atoms with Crippen LogP contribution in [0.5, 0.6) is 0 Å². The highest BCUT2D eigenvalue weighted by atomic mass is 35.5. The second-order valence-corrected chi connectivity index (χ2v) is 7.55. The summed E-state index contributed by atoms with van der Waals surface area (Å²) in [6, 6.07) is 13.3. The second kappa shape index (κ2) is 9.41. The van der Waals surface area contributed by atoms with Crippen LogP contribution in [0.4, 0.5) is 10.1 Å². The van der Waals surface area contributed by atoms with E-state index in [1.165, 1.54) is 23.5 Å². The summed E-state index contributed by atoms with van der Waals surface area (Å²) in [5, 5.41) is 17.1. The van der Waals surface area contributed by atoms with Gasteiger partial charge in [0.15, 0.2) is 0 Å². The first-order valence-corrected chi connectivity index (χ1v) is 9.87. The standard InChI is InChI=1S/C20H19FN4O2S.ClH/c21-16-5-1-3-14(9-16)19-11-22-7-8-24(19)12-17-13-28-20(23-17)15-4-2-6-18(10-15)25(26)27;/h1-6,9-10,13,19,22H,7-8,11-12H2;1H. The minimum Gasteiger partial charge on any atom is -0.314 e. The molecule has 0 spiro atoms. The van der Waals surface area contributed by atoms with Crippen LogP contribution < -0.4 is 5.32 Å². The summed E-state index contributed by atoms with van der Waals surface area (Å²) in [7, 11) is 0. The average Bonchev–Trinajstić information content (AvgIpc) is 3.17. The van der Waals surface area contributed by atoms with Crippen molar-refractivity contribution in [2.45, 2.75) is 12.6 Å². The molecule has 1 aliphatic rings. The van der Waals surface area contributed by atoms with Crippen LogP contribution in [0.1, 0.15) is 17.3 Å². The van der Waals surface area contributed by atoms with Gasteiger partial charge in [0.2, 0.25) is 0 Å². The molecule has 6 nitrogen and oxygen atoms in total. The smallest absolute Gasteiger partial charge is 0.270 e. The van der Waals surface area contributed by atoms with E-state index in [2.05, 4.69) is 15.2 Å². The molecule has 1 atom stereocenters. The number of aromatic nitrogens is 1. The van der Waals surface area contributed by atoms with Gasteiger partial charge in [-0.25, -0.2) is 9.37 Å². The number of piperazine rings is 1. The lowest BCUT2D eigenvalue weighted by Crippen LogP contribution is -2.45. The lowest BCUT2D eigenvalue weighted by atomic mass is 10.0. The largest absolute Gasteiger partial charge is 0.314 e. The maximum absolute atomic E-state index is 13.7. The first kappa shape index (κ1) is 21.3. The van der Waals surface area contributed by atoms with Crippen molar-refractivity contribution >= 4 is 29.4 Å². The van der Waals surface area contributed by atoms with Crippen LogP contribution in [0.25, 0.3) is 10.6 Å². The lowest BCUT2D eigenvalue weighted by molar-refractivity contribution is -0.384. The highest BCUT2D eigenvalue weighted by Crippen LogP contribution is 2.29. The van der Waals surface area contributed by atoms with E-state index < -0.39 is 4.92 Å². The third-order valence-electron chi connectivity index (χ3n) is 4.81. The van der Waals surface area contributed by atoms with E-state index in [-0.39, 0.29) is 30.0 Å². The zero-order valence-electron chi connectivity index (χ0n) is 15.5. The Bertz CT molecular complexity index is 1000. The maximum Gasteiger partial charge on any atom is 0.270 e. The minimum atomic E-state index is -0.400. The summed E-state index contributed by atoms with van der Waals surface area (Å²) in [5.74, 6) is -0.232. The van der Waals surface area contributed by atoms with Crippen molar-refractivity contribution in [3.8, 4) is 10.6 Å². The van der Waals surface area contributed by atoms with Crippen LogP contribution in [0.2, 0.25) is 0 Å². The van der Waals surface area contributed by atoms with Gasteiger partial charge in [0.25, 0.3) is 5.69 Å². The second-order valence-electron chi connectivity index (χ2n) is 6.70. The van der Waals surface area contributed by atoms with Gasteiger partial charge in [0, 0.05) is 55.3 Å². The monoisotopic (exact) mass is 434 g/mol. The number of thiazole rings is 1. The van der Waals surface area contributed by atoms with Crippen LogP contribution in [-0.2, 0) is 6.54 Å². The third kappa shape index (κ3) is 4.97. The Labute approximate surface area is 178 Å². The molecule has 1 saturated heterocycles. The molecular weight excluding hydrogens is 415 g/mol. The van der Waals surface area contributed by atoms with Crippen LogP contribution in [-0.4, -0.2) is 34.4 Å². The number of rotatable bonds is 5. The molecule has 1 fully saturated rings. The van der Waals surface area contributed by atoms with Crippen LogP contribution in [0.15, 0.2) is 53.9 Å². The van der Waals surface area contributed by atoms with Crippen LogP contribution in [0.3, 0.4) is 0 Å². The number of hydrogen-bond donors (Lipinski definition) is 1. The van der Waals surface area contributed by atoms with E-state index in [0.717, 1.165) is 41.5 Å². The summed E-state index contributed by atoms with van der Waals surface area (Å²) in [6.07, 6.45) is 0. The fourth-order valence-corrected chi connectivity index (χ4v) is 4.26. The van der Waals surface area contributed by atoms with E-state index in [1.807, 2.05) is 17.5 Å². The van der Waals surface area contributed by atoms with Gasteiger partial charge in [0.05, 0.1) is 10.6 Å². The molecule has 29 heavy (non-hydrogen) atoms. The molecule has 4 rings (SSSR count). The summed E-state index contributed by atoms with van der Waals surface area (Å²) in [5.41, 5.74) is 2.66. The molecule has 1 aliphatic heterocycles. The van der Waals surface area contributed by atoms with Gasteiger partial charge in [-0.2, -0.15) is 0 Å². The van der Waals surface area contributed by atoms with Gasteiger partial charge < -0.3 is 5.32 Å². The molecule has 2 aromatic carbocycles. The van der Waals surface area contributed by atoms with E-state index in [0.29, 0.717) is 6.54 Å². The normalized spacial score (nSPS) is 16.9. The van der Waals surface area contributed by atoms with E-state index in [9.17, 15) is 14.5 Å². The average molecular weight is 435 g/mol. The van der Waals surface area contributed by atoms with Crippen molar-refractivity contribution in [1.82, 2.24) is 15.2 Å². The molecule has 0 radical (unpaired) electrons. The number of benzene rings is 2. The van der Waals surface area contributed by atoms with Crippen molar-refractivity contribution in [1.29, 1.82) is 0 Å². The van der Waals surface area contributed by atoms with E-state index in [4.69, 9.17) is 0 Å². The number of nitro groups is 1. The van der Waals surface area contributed by atoms with Gasteiger partial charge in [-0.15, -0.1) is 23.7 Å². The molecule has 1 unspecified atom stereocenters. The Morgan fingerprint density at radius 1 is 1.28 bits per heavy atom. The lowest BCUT2D eigenvalue weighted by Gasteiger charge is -2.36. The Kier molecular flexibility index (Phi) is 6.92. The molecular formula is C20H20ClFN4O2S. The number of non-ortho nitro benzene ring substituents is 1.